The van der Waals surface area contributed by atoms with Gasteiger partial charge >= 0.3 is 6.03 Å². The van der Waals surface area contributed by atoms with E-state index in [4.69, 9.17) is 4.74 Å². The predicted molar refractivity (Wildman–Crippen MR) is 61.2 cm³/mol. The van der Waals surface area contributed by atoms with Crippen LogP contribution in [0.4, 0.5) is 4.79 Å². The summed E-state index contributed by atoms with van der Waals surface area (Å²) in [7, 11) is 5.67. The summed E-state index contributed by atoms with van der Waals surface area (Å²) in [6.45, 7) is 3.34. The van der Waals surface area contributed by atoms with E-state index in [0.29, 0.717) is 0 Å². The SMILES string of the molecule is CN1COC2(CCN(C(=O)N(C)C)CC2)C1. The van der Waals surface area contributed by atoms with Gasteiger partial charge in [0, 0.05) is 33.7 Å². The Morgan fingerprint density at radius 2 is 1.94 bits per heavy atom. The average molecular weight is 227 g/mol. The van der Waals surface area contributed by atoms with Gasteiger partial charge in [0.1, 0.15) is 0 Å². The van der Waals surface area contributed by atoms with Crippen LogP contribution in [0.3, 0.4) is 0 Å². The summed E-state index contributed by atoms with van der Waals surface area (Å²) in [5, 5.41) is 0. The molecule has 1 spiro atoms. The van der Waals surface area contributed by atoms with Crippen molar-refractivity contribution in [3.63, 3.8) is 0 Å². The molecule has 2 aliphatic heterocycles. The molecule has 5 nitrogen and oxygen atoms in total. The van der Waals surface area contributed by atoms with Crippen molar-refractivity contribution in [1.82, 2.24) is 14.7 Å². The Balaban J connectivity index is 1.90. The van der Waals surface area contributed by atoms with Crippen LogP contribution in [0.1, 0.15) is 12.8 Å². The number of carbonyl (C=O) groups is 1. The van der Waals surface area contributed by atoms with E-state index in [0.717, 1.165) is 39.2 Å². The lowest BCUT2D eigenvalue weighted by Crippen LogP contribution is -2.50. The number of hydrogen-bond donors (Lipinski definition) is 0. The Bertz CT molecular complexity index is 272. The van der Waals surface area contributed by atoms with Crippen LogP contribution in [0, 0.1) is 0 Å². The minimum atomic E-state index is 0.0117. The Labute approximate surface area is 96.9 Å². The highest BCUT2D eigenvalue weighted by atomic mass is 16.5. The van der Waals surface area contributed by atoms with Gasteiger partial charge in [-0.05, 0) is 19.9 Å². The molecule has 0 aliphatic carbocycles. The quantitative estimate of drug-likeness (QED) is 0.602. The summed E-state index contributed by atoms with van der Waals surface area (Å²) in [6.07, 6.45) is 1.91. The van der Waals surface area contributed by atoms with Crippen molar-refractivity contribution in [2.45, 2.75) is 18.4 Å². The first-order valence-corrected chi connectivity index (χ1v) is 5.81. The molecule has 0 atom stereocenters. The van der Waals surface area contributed by atoms with Gasteiger partial charge in [-0.1, -0.05) is 0 Å². The number of likely N-dealkylation sites (N-methyl/N-ethyl adjacent to an activating group) is 1. The summed E-state index contributed by atoms with van der Waals surface area (Å²) in [5.41, 5.74) is 0.0117. The van der Waals surface area contributed by atoms with Gasteiger partial charge < -0.3 is 14.5 Å². The van der Waals surface area contributed by atoms with E-state index in [1.165, 1.54) is 0 Å². The smallest absolute Gasteiger partial charge is 0.319 e. The van der Waals surface area contributed by atoms with Crippen molar-refractivity contribution < 1.29 is 9.53 Å². The third-order valence-corrected chi connectivity index (χ3v) is 3.48. The Morgan fingerprint density at radius 1 is 1.31 bits per heavy atom. The molecule has 0 saturated carbocycles. The molecule has 0 unspecified atom stereocenters. The van der Waals surface area contributed by atoms with Gasteiger partial charge in [0.05, 0.1) is 12.3 Å². The molecule has 0 aromatic carbocycles. The molecule has 2 heterocycles. The van der Waals surface area contributed by atoms with E-state index >= 15 is 0 Å². The van der Waals surface area contributed by atoms with Crippen LogP contribution >= 0.6 is 0 Å². The second-order valence-electron chi connectivity index (χ2n) is 5.13. The van der Waals surface area contributed by atoms with Crippen LogP contribution in [0.15, 0.2) is 0 Å². The zero-order valence-electron chi connectivity index (χ0n) is 10.4. The summed E-state index contributed by atoms with van der Waals surface area (Å²) < 4.78 is 5.86. The van der Waals surface area contributed by atoms with Crippen molar-refractivity contribution >= 4 is 6.03 Å². The Hall–Kier alpha value is -0.810. The lowest BCUT2D eigenvalue weighted by atomic mass is 9.91. The number of urea groups is 1. The highest BCUT2D eigenvalue weighted by molar-refractivity contribution is 5.73. The second kappa shape index (κ2) is 4.22. The van der Waals surface area contributed by atoms with Gasteiger partial charge in [0.2, 0.25) is 0 Å². The third-order valence-electron chi connectivity index (χ3n) is 3.48. The molecule has 0 aromatic rings. The standard InChI is InChI=1S/C11H21N3O2/c1-12(2)10(15)14-6-4-11(5-7-14)8-13(3)9-16-11/h4-9H2,1-3H3. The highest BCUT2D eigenvalue weighted by Gasteiger charge is 2.41. The molecular formula is C11H21N3O2. The maximum absolute atomic E-state index is 11.8. The zero-order valence-corrected chi connectivity index (χ0v) is 10.4. The number of rotatable bonds is 0. The van der Waals surface area contributed by atoms with Crippen LogP contribution < -0.4 is 0 Å². The first kappa shape index (κ1) is 11.7. The van der Waals surface area contributed by atoms with Crippen molar-refractivity contribution in [2.24, 2.45) is 0 Å². The molecule has 16 heavy (non-hydrogen) atoms. The fourth-order valence-corrected chi connectivity index (χ4v) is 2.52. The van der Waals surface area contributed by atoms with Crippen molar-refractivity contribution in [1.29, 1.82) is 0 Å². The maximum atomic E-state index is 11.8. The van der Waals surface area contributed by atoms with Crippen LogP contribution in [-0.2, 0) is 4.74 Å². The first-order valence-electron chi connectivity index (χ1n) is 5.81. The fourth-order valence-electron chi connectivity index (χ4n) is 2.52. The second-order valence-corrected chi connectivity index (χ2v) is 5.13. The van der Waals surface area contributed by atoms with Crippen molar-refractivity contribution in [2.75, 3.05) is 47.5 Å². The van der Waals surface area contributed by atoms with Crippen LogP contribution in [-0.4, -0.2) is 73.8 Å². The molecular weight excluding hydrogens is 206 g/mol. The molecule has 2 amide bonds. The molecule has 0 bridgehead atoms. The van der Waals surface area contributed by atoms with Crippen molar-refractivity contribution in [3.8, 4) is 0 Å². The zero-order chi connectivity index (χ0) is 11.8. The van der Waals surface area contributed by atoms with Crippen LogP contribution in [0.2, 0.25) is 0 Å². The summed E-state index contributed by atoms with van der Waals surface area (Å²) in [4.78, 5) is 17.5. The molecule has 0 aromatic heterocycles. The van der Waals surface area contributed by atoms with E-state index in [9.17, 15) is 4.79 Å². The van der Waals surface area contributed by atoms with Crippen LogP contribution in [0.5, 0.6) is 0 Å². The van der Waals surface area contributed by atoms with Crippen molar-refractivity contribution in [3.05, 3.63) is 0 Å². The number of ether oxygens (including phenoxy) is 1. The monoisotopic (exact) mass is 227 g/mol. The summed E-state index contributed by atoms with van der Waals surface area (Å²) in [6, 6.07) is 0.112. The summed E-state index contributed by atoms with van der Waals surface area (Å²) >= 11 is 0. The topological polar surface area (TPSA) is 36.0 Å². The van der Waals surface area contributed by atoms with Gasteiger partial charge in [-0.25, -0.2) is 4.79 Å². The van der Waals surface area contributed by atoms with E-state index in [2.05, 4.69) is 11.9 Å². The van der Waals surface area contributed by atoms with Gasteiger partial charge in [0.25, 0.3) is 0 Å². The number of hydrogen-bond acceptors (Lipinski definition) is 3. The maximum Gasteiger partial charge on any atom is 0.319 e. The number of likely N-dealkylation sites (tertiary alicyclic amines) is 1. The molecule has 92 valence electrons. The number of piperidine rings is 1. The van der Waals surface area contributed by atoms with Gasteiger partial charge in [-0.3, -0.25) is 4.90 Å². The van der Waals surface area contributed by atoms with E-state index in [1.807, 2.05) is 4.90 Å². The summed E-state index contributed by atoms with van der Waals surface area (Å²) in [5.74, 6) is 0. The fraction of sp³-hybridized carbons (Fsp3) is 0.909. The number of carbonyl (C=O) groups excluding carboxylic acids is 1. The lowest BCUT2D eigenvalue weighted by Gasteiger charge is -2.39. The van der Waals surface area contributed by atoms with E-state index in [1.54, 1.807) is 19.0 Å². The number of amides is 2. The minimum Gasteiger partial charge on any atom is -0.358 e. The molecule has 2 fully saturated rings. The average Bonchev–Trinajstić information content (AvgIpc) is 2.60. The van der Waals surface area contributed by atoms with Gasteiger partial charge in [-0.15, -0.1) is 0 Å². The molecule has 5 heteroatoms. The third kappa shape index (κ3) is 2.15. The van der Waals surface area contributed by atoms with E-state index < -0.39 is 0 Å². The molecule has 2 aliphatic rings. The lowest BCUT2D eigenvalue weighted by molar-refractivity contribution is -0.0332. The molecule has 0 radical (unpaired) electrons. The highest BCUT2D eigenvalue weighted by Crippen LogP contribution is 2.31. The normalized spacial score (nSPS) is 25.1. The molecule has 2 rings (SSSR count). The molecule has 0 N–H and O–H groups in total. The molecule has 2 saturated heterocycles. The first-order chi connectivity index (χ1) is 7.52. The minimum absolute atomic E-state index is 0.0117. The van der Waals surface area contributed by atoms with Gasteiger partial charge in [-0.2, -0.15) is 0 Å². The van der Waals surface area contributed by atoms with Gasteiger partial charge in [0.15, 0.2) is 0 Å². The Morgan fingerprint density at radius 3 is 2.38 bits per heavy atom. The predicted octanol–water partition coefficient (Wildman–Crippen LogP) is 0.422. The van der Waals surface area contributed by atoms with Crippen LogP contribution in [0.25, 0.3) is 0 Å². The Kier molecular flexibility index (Phi) is 3.08. The van der Waals surface area contributed by atoms with E-state index in [-0.39, 0.29) is 11.6 Å². The largest absolute Gasteiger partial charge is 0.358 e. The number of nitrogens with zero attached hydrogens (tertiary/aromatic N) is 3.